The van der Waals surface area contributed by atoms with Crippen molar-refractivity contribution in [1.82, 2.24) is 4.90 Å². The van der Waals surface area contributed by atoms with Crippen LogP contribution in [0.1, 0.15) is 6.42 Å². The minimum Gasteiger partial charge on any atom is -0.387 e. The van der Waals surface area contributed by atoms with Crippen molar-refractivity contribution in [3.05, 3.63) is 0 Å². The molecule has 0 fully saturated rings. The van der Waals surface area contributed by atoms with Crippen molar-refractivity contribution in [1.29, 1.82) is 5.41 Å². The molecule has 1 atom stereocenters. The van der Waals surface area contributed by atoms with Crippen LogP contribution in [0.15, 0.2) is 4.99 Å². The number of guanidine groups is 1. The number of halogens is 1. The van der Waals surface area contributed by atoms with Crippen molar-refractivity contribution in [2.75, 3.05) is 7.05 Å². The summed E-state index contributed by atoms with van der Waals surface area (Å²) in [5, 5.41) is 7.23. The summed E-state index contributed by atoms with van der Waals surface area (Å²) in [6.07, 6.45) is 0.528. The van der Waals surface area contributed by atoms with Crippen molar-refractivity contribution in [2.24, 2.45) is 10.7 Å². The maximum Gasteiger partial charge on any atom is 0.220 e. The highest BCUT2D eigenvalue weighted by molar-refractivity contribution is 6.23. The number of hydrogen-bond donors (Lipinski definition) is 2. The van der Waals surface area contributed by atoms with Gasteiger partial charge >= 0.3 is 0 Å². The molecule has 10 heavy (non-hydrogen) atoms. The van der Waals surface area contributed by atoms with Gasteiger partial charge in [0.05, 0.1) is 0 Å². The lowest BCUT2D eigenvalue weighted by Gasteiger charge is -2.26. The summed E-state index contributed by atoms with van der Waals surface area (Å²) in [6, 6.07) is 0. The van der Waals surface area contributed by atoms with E-state index in [0.29, 0.717) is 12.3 Å². The van der Waals surface area contributed by atoms with E-state index in [1.165, 1.54) is 0 Å². The first kappa shape index (κ1) is 7.34. The largest absolute Gasteiger partial charge is 0.387 e. The zero-order valence-electron chi connectivity index (χ0n) is 5.63. The van der Waals surface area contributed by atoms with E-state index in [2.05, 4.69) is 4.99 Å². The number of nitrogens with two attached hydrogens (primary N) is 1. The Morgan fingerprint density at radius 1 is 1.90 bits per heavy atom. The summed E-state index contributed by atoms with van der Waals surface area (Å²) in [6.45, 7) is 0. The lowest BCUT2D eigenvalue weighted by atomic mass is 10.3. The molecule has 0 aromatic heterocycles. The minimum atomic E-state index is -0.218. The predicted molar refractivity (Wildman–Crippen MR) is 41.4 cm³/mol. The highest BCUT2D eigenvalue weighted by Gasteiger charge is 2.20. The van der Waals surface area contributed by atoms with E-state index in [4.69, 9.17) is 22.7 Å². The maximum absolute atomic E-state index is 7.23. The van der Waals surface area contributed by atoms with Gasteiger partial charge in [-0.2, -0.15) is 0 Å². The van der Waals surface area contributed by atoms with Crippen LogP contribution in [-0.4, -0.2) is 29.2 Å². The van der Waals surface area contributed by atoms with E-state index in [1.54, 1.807) is 11.9 Å². The molecule has 1 heterocycles. The first-order chi connectivity index (χ1) is 4.61. The molecule has 0 amide bonds. The van der Waals surface area contributed by atoms with Gasteiger partial charge in [-0.15, -0.1) is 0 Å². The Hall–Kier alpha value is -0.770. The van der Waals surface area contributed by atoms with Crippen LogP contribution in [0.25, 0.3) is 0 Å². The molecule has 0 aromatic carbocycles. The molecule has 0 radical (unpaired) electrons. The van der Waals surface area contributed by atoms with Crippen LogP contribution in [0.3, 0.4) is 0 Å². The third-order valence-electron chi connectivity index (χ3n) is 1.38. The Morgan fingerprint density at radius 2 is 2.50 bits per heavy atom. The van der Waals surface area contributed by atoms with Crippen LogP contribution in [0, 0.1) is 5.41 Å². The van der Waals surface area contributed by atoms with E-state index >= 15 is 0 Å². The van der Waals surface area contributed by atoms with Gasteiger partial charge in [0.15, 0.2) is 0 Å². The number of amidine groups is 1. The fourth-order valence-electron chi connectivity index (χ4n) is 0.703. The molecule has 3 N–H and O–H groups in total. The van der Waals surface area contributed by atoms with Crippen LogP contribution in [0.2, 0.25) is 0 Å². The predicted octanol–water partition coefficient (Wildman–Crippen LogP) is 0.179. The first-order valence-electron chi connectivity index (χ1n) is 2.89. The number of rotatable bonds is 0. The lowest BCUT2D eigenvalue weighted by Crippen LogP contribution is -2.40. The molecule has 0 aliphatic carbocycles. The normalized spacial score (nSPS) is 26.6. The Morgan fingerprint density at radius 3 is 3.00 bits per heavy atom. The molecule has 0 saturated carbocycles. The Balaban J connectivity index is 2.79. The van der Waals surface area contributed by atoms with Crippen molar-refractivity contribution in [2.45, 2.75) is 11.9 Å². The Labute approximate surface area is 64.2 Å². The SMILES string of the molecule is CN1C(=N)N=C(N)CC1Cl. The van der Waals surface area contributed by atoms with Crippen molar-refractivity contribution in [3.8, 4) is 0 Å². The van der Waals surface area contributed by atoms with Gasteiger partial charge in [-0.25, -0.2) is 4.99 Å². The summed E-state index contributed by atoms with van der Waals surface area (Å²) in [5.74, 6) is 0.562. The quantitative estimate of drug-likeness (QED) is 0.392. The molecule has 4 nitrogen and oxygen atoms in total. The Bertz CT molecular complexity index is 188. The molecule has 1 rings (SSSR count). The van der Waals surface area contributed by atoms with Gasteiger partial charge in [0, 0.05) is 13.5 Å². The van der Waals surface area contributed by atoms with Gasteiger partial charge in [0.2, 0.25) is 5.96 Å². The fourth-order valence-corrected chi connectivity index (χ4v) is 0.953. The van der Waals surface area contributed by atoms with Crippen LogP contribution < -0.4 is 5.73 Å². The molecule has 1 aliphatic heterocycles. The molecular weight excluding hydrogens is 152 g/mol. The third-order valence-corrected chi connectivity index (χ3v) is 1.83. The topological polar surface area (TPSA) is 65.5 Å². The van der Waals surface area contributed by atoms with Crippen LogP contribution in [0.5, 0.6) is 0 Å². The van der Waals surface area contributed by atoms with Gasteiger partial charge in [-0.1, -0.05) is 11.6 Å². The minimum absolute atomic E-state index is 0.128. The average Bonchev–Trinajstić information content (AvgIpc) is 1.82. The molecule has 1 unspecified atom stereocenters. The summed E-state index contributed by atoms with van der Waals surface area (Å²) in [4.78, 5) is 5.30. The van der Waals surface area contributed by atoms with Gasteiger partial charge in [0.25, 0.3) is 0 Å². The first-order valence-corrected chi connectivity index (χ1v) is 3.33. The Kier molecular flexibility index (Phi) is 1.80. The second-order valence-corrected chi connectivity index (χ2v) is 2.68. The molecule has 0 spiro atoms. The van der Waals surface area contributed by atoms with E-state index in [-0.39, 0.29) is 11.5 Å². The summed E-state index contributed by atoms with van der Waals surface area (Å²) in [5.41, 5.74) is 5.16. The lowest BCUT2D eigenvalue weighted by molar-refractivity contribution is 0.455. The standard InChI is InChI=1S/C5H9ClN4/c1-10-3(6)2-4(7)9-5(10)8/h3H,2H2,1H3,(H3,7,8,9). The third kappa shape index (κ3) is 1.21. The van der Waals surface area contributed by atoms with Crippen LogP contribution in [-0.2, 0) is 0 Å². The zero-order valence-corrected chi connectivity index (χ0v) is 6.39. The smallest absolute Gasteiger partial charge is 0.220 e. The number of nitrogens with one attached hydrogen (secondary N) is 1. The molecule has 0 aromatic rings. The highest BCUT2D eigenvalue weighted by atomic mass is 35.5. The second-order valence-electron chi connectivity index (χ2n) is 2.18. The summed E-state index contributed by atoms with van der Waals surface area (Å²) >= 11 is 5.78. The summed E-state index contributed by atoms with van der Waals surface area (Å²) in [7, 11) is 1.72. The maximum atomic E-state index is 7.23. The molecule has 5 heteroatoms. The number of nitrogens with zero attached hydrogens (tertiary/aromatic N) is 2. The van der Waals surface area contributed by atoms with Crippen LogP contribution >= 0.6 is 11.6 Å². The monoisotopic (exact) mass is 160 g/mol. The zero-order chi connectivity index (χ0) is 7.72. The van der Waals surface area contributed by atoms with Gasteiger partial charge in [-0.05, 0) is 0 Å². The van der Waals surface area contributed by atoms with Gasteiger partial charge < -0.3 is 10.6 Å². The van der Waals surface area contributed by atoms with Crippen LogP contribution in [0.4, 0.5) is 0 Å². The molecule has 0 bridgehead atoms. The van der Waals surface area contributed by atoms with E-state index < -0.39 is 0 Å². The number of hydrogen-bond acceptors (Lipinski definition) is 2. The summed E-state index contributed by atoms with van der Waals surface area (Å²) < 4.78 is 0. The van der Waals surface area contributed by atoms with Gasteiger partial charge in [-0.3, -0.25) is 5.41 Å². The van der Waals surface area contributed by atoms with Crippen molar-refractivity contribution < 1.29 is 0 Å². The van der Waals surface area contributed by atoms with E-state index in [0.717, 1.165) is 0 Å². The molecule has 56 valence electrons. The van der Waals surface area contributed by atoms with E-state index in [9.17, 15) is 0 Å². The second kappa shape index (κ2) is 2.46. The highest BCUT2D eigenvalue weighted by Crippen LogP contribution is 2.12. The van der Waals surface area contributed by atoms with Crippen molar-refractivity contribution >= 4 is 23.4 Å². The van der Waals surface area contributed by atoms with Gasteiger partial charge in [0.1, 0.15) is 11.3 Å². The van der Waals surface area contributed by atoms with Crippen molar-refractivity contribution in [3.63, 3.8) is 0 Å². The fraction of sp³-hybridized carbons (Fsp3) is 0.600. The number of alkyl halides is 1. The number of aliphatic imine (C=N–C) groups is 1. The van der Waals surface area contributed by atoms with E-state index in [1.807, 2.05) is 0 Å². The molecule has 1 aliphatic rings. The molecule has 0 saturated heterocycles. The molecular formula is C5H9ClN4. The average molecular weight is 161 g/mol.